The van der Waals surface area contributed by atoms with E-state index in [0.29, 0.717) is 41.6 Å². The van der Waals surface area contributed by atoms with Gasteiger partial charge in [0.1, 0.15) is 47.8 Å². The normalized spacial score (nSPS) is 28.4. The highest BCUT2D eigenvalue weighted by molar-refractivity contribution is 5.52. The molecule has 34 heavy (non-hydrogen) atoms. The molecule has 1 fully saturated rings. The third-order valence-corrected chi connectivity index (χ3v) is 6.17. The Morgan fingerprint density at radius 1 is 0.882 bits per heavy atom. The molecule has 0 saturated carbocycles. The number of aliphatic hydroxyl groups excluding tert-OH is 4. The van der Waals surface area contributed by atoms with E-state index in [2.05, 4.69) is 0 Å². The van der Waals surface area contributed by atoms with Gasteiger partial charge < -0.3 is 48.8 Å². The molecule has 0 radical (unpaired) electrons. The molecule has 2 aliphatic heterocycles. The lowest BCUT2D eigenvalue weighted by Gasteiger charge is -2.40. The van der Waals surface area contributed by atoms with Crippen LogP contribution in [0.1, 0.15) is 23.7 Å². The second-order valence-corrected chi connectivity index (χ2v) is 8.18. The van der Waals surface area contributed by atoms with E-state index in [1.807, 2.05) is 18.2 Å². The second kappa shape index (κ2) is 10.2. The SMILES string of the molecule is COc1cc(O[C@H]2O[C@H](CO)[C@@H](O)[C@@H](O)[C@@H]2O)c2c(c1)O[C@@H](c1ccc(OC)c(OC)c1)CC2. The van der Waals surface area contributed by atoms with Gasteiger partial charge >= 0.3 is 0 Å². The van der Waals surface area contributed by atoms with Crippen LogP contribution in [-0.4, -0.2) is 79.1 Å². The largest absolute Gasteiger partial charge is 0.496 e. The van der Waals surface area contributed by atoms with Crippen molar-refractivity contribution in [3.05, 3.63) is 41.5 Å². The summed E-state index contributed by atoms with van der Waals surface area (Å²) in [4.78, 5) is 0. The summed E-state index contributed by atoms with van der Waals surface area (Å²) in [7, 11) is 4.66. The first kappa shape index (κ1) is 24.4. The van der Waals surface area contributed by atoms with E-state index in [1.165, 1.54) is 7.11 Å². The molecule has 1 saturated heterocycles. The lowest BCUT2D eigenvalue weighted by molar-refractivity contribution is -0.277. The topological polar surface area (TPSA) is 136 Å². The van der Waals surface area contributed by atoms with Crippen LogP contribution in [0.4, 0.5) is 0 Å². The molecule has 0 spiro atoms. The highest BCUT2D eigenvalue weighted by atomic mass is 16.7. The standard InChI is InChI=1S/C24H30O10/c1-29-13-9-17-14(5-7-15(32-17)12-4-6-16(30-2)19(8-12)31-3)18(10-13)33-24-23(28)22(27)21(26)20(11-25)34-24/h4,6,8-10,15,20-28H,5,7,11H2,1-3H3/t15-,20-,21-,22-,23+,24+/m1/s1. The van der Waals surface area contributed by atoms with Gasteiger partial charge in [0.15, 0.2) is 11.5 Å². The third-order valence-electron chi connectivity index (χ3n) is 6.17. The van der Waals surface area contributed by atoms with E-state index >= 15 is 0 Å². The molecule has 0 unspecified atom stereocenters. The van der Waals surface area contributed by atoms with E-state index in [-0.39, 0.29) is 6.10 Å². The molecule has 2 heterocycles. The molecular formula is C24H30O10. The fourth-order valence-electron chi connectivity index (χ4n) is 4.24. The Morgan fingerprint density at radius 3 is 2.32 bits per heavy atom. The average Bonchev–Trinajstić information content (AvgIpc) is 2.87. The van der Waals surface area contributed by atoms with Crippen LogP contribution < -0.4 is 23.7 Å². The average molecular weight is 478 g/mol. The molecule has 4 N–H and O–H groups in total. The van der Waals surface area contributed by atoms with Crippen LogP contribution in [0.5, 0.6) is 28.7 Å². The molecule has 0 aromatic heterocycles. The lowest BCUT2D eigenvalue weighted by atomic mass is 9.96. The molecule has 0 amide bonds. The van der Waals surface area contributed by atoms with Crippen LogP contribution in [0.15, 0.2) is 30.3 Å². The minimum Gasteiger partial charge on any atom is -0.496 e. The molecule has 2 aromatic rings. The first-order valence-electron chi connectivity index (χ1n) is 11.0. The number of aliphatic hydroxyl groups is 4. The predicted octanol–water partition coefficient (Wildman–Crippen LogP) is 0.957. The fraction of sp³-hybridized carbons (Fsp3) is 0.500. The van der Waals surface area contributed by atoms with Gasteiger partial charge in [-0.05, 0) is 30.5 Å². The first-order valence-corrected chi connectivity index (χ1v) is 11.0. The Bertz CT molecular complexity index is 994. The third kappa shape index (κ3) is 4.59. The summed E-state index contributed by atoms with van der Waals surface area (Å²) in [5.74, 6) is 2.59. The number of methoxy groups -OCH3 is 3. The number of ether oxygens (including phenoxy) is 6. The zero-order valence-corrected chi connectivity index (χ0v) is 19.2. The van der Waals surface area contributed by atoms with Gasteiger partial charge in [0, 0.05) is 17.7 Å². The van der Waals surface area contributed by atoms with Gasteiger partial charge in [-0.25, -0.2) is 0 Å². The Hall–Kier alpha value is -2.76. The van der Waals surface area contributed by atoms with E-state index < -0.39 is 37.3 Å². The summed E-state index contributed by atoms with van der Waals surface area (Å²) in [5, 5.41) is 39.9. The van der Waals surface area contributed by atoms with E-state index in [4.69, 9.17) is 28.4 Å². The van der Waals surface area contributed by atoms with Crippen molar-refractivity contribution in [1.29, 1.82) is 0 Å². The van der Waals surface area contributed by atoms with Crippen molar-refractivity contribution in [3.8, 4) is 28.7 Å². The molecule has 4 rings (SSSR count). The zero-order chi connectivity index (χ0) is 24.4. The van der Waals surface area contributed by atoms with Crippen LogP contribution in [0.2, 0.25) is 0 Å². The summed E-state index contributed by atoms with van der Waals surface area (Å²) in [6.07, 6.45) is -5.94. The number of rotatable bonds is 7. The molecule has 6 atom stereocenters. The summed E-state index contributed by atoms with van der Waals surface area (Å²) in [5.41, 5.74) is 1.66. The van der Waals surface area contributed by atoms with Gasteiger partial charge in [-0.1, -0.05) is 6.07 Å². The number of benzene rings is 2. The van der Waals surface area contributed by atoms with Gasteiger partial charge in [0.05, 0.1) is 27.9 Å². The maximum Gasteiger partial charge on any atom is 0.229 e. The Balaban J connectivity index is 1.60. The number of hydrogen-bond donors (Lipinski definition) is 4. The van der Waals surface area contributed by atoms with E-state index in [0.717, 1.165) is 11.1 Å². The Morgan fingerprint density at radius 2 is 1.65 bits per heavy atom. The lowest BCUT2D eigenvalue weighted by Crippen LogP contribution is -2.60. The van der Waals surface area contributed by atoms with Crippen molar-refractivity contribution in [1.82, 2.24) is 0 Å². The number of hydrogen-bond acceptors (Lipinski definition) is 10. The summed E-state index contributed by atoms with van der Waals surface area (Å²) in [6, 6.07) is 9.01. The quantitative estimate of drug-likeness (QED) is 0.455. The molecule has 10 heteroatoms. The predicted molar refractivity (Wildman–Crippen MR) is 119 cm³/mol. The van der Waals surface area contributed by atoms with E-state index in [9.17, 15) is 20.4 Å². The van der Waals surface area contributed by atoms with Crippen LogP contribution >= 0.6 is 0 Å². The van der Waals surface area contributed by atoms with Crippen LogP contribution in [0, 0.1) is 0 Å². The highest BCUT2D eigenvalue weighted by Gasteiger charge is 2.45. The van der Waals surface area contributed by atoms with Crippen molar-refractivity contribution in [2.75, 3.05) is 27.9 Å². The monoisotopic (exact) mass is 478 g/mol. The molecule has 0 bridgehead atoms. The second-order valence-electron chi connectivity index (χ2n) is 8.18. The zero-order valence-electron chi connectivity index (χ0n) is 19.2. The maximum atomic E-state index is 10.4. The van der Waals surface area contributed by atoms with Gasteiger partial charge in [-0.2, -0.15) is 0 Å². The fourth-order valence-corrected chi connectivity index (χ4v) is 4.24. The van der Waals surface area contributed by atoms with Crippen LogP contribution in [0.3, 0.4) is 0 Å². The van der Waals surface area contributed by atoms with E-state index in [1.54, 1.807) is 26.4 Å². The first-order chi connectivity index (χ1) is 16.4. The minimum atomic E-state index is -1.54. The van der Waals surface area contributed by atoms with Crippen molar-refractivity contribution >= 4 is 0 Å². The number of fused-ring (bicyclic) bond motifs is 1. The Kier molecular flexibility index (Phi) is 7.34. The smallest absolute Gasteiger partial charge is 0.229 e. The van der Waals surface area contributed by atoms with Gasteiger partial charge in [-0.15, -0.1) is 0 Å². The van der Waals surface area contributed by atoms with Crippen molar-refractivity contribution in [3.63, 3.8) is 0 Å². The van der Waals surface area contributed by atoms with Crippen molar-refractivity contribution in [2.45, 2.75) is 49.7 Å². The molecule has 0 aliphatic carbocycles. The summed E-state index contributed by atoms with van der Waals surface area (Å²) < 4.78 is 33.8. The molecule has 10 nitrogen and oxygen atoms in total. The van der Waals surface area contributed by atoms with Crippen molar-refractivity contribution in [2.24, 2.45) is 0 Å². The molecule has 186 valence electrons. The summed E-state index contributed by atoms with van der Waals surface area (Å²) in [6.45, 7) is -0.545. The maximum absolute atomic E-state index is 10.4. The molecule has 2 aromatic carbocycles. The van der Waals surface area contributed by atoms with Crippen LogP contribution in [-0.2, 0) is 11.2 Å². The Labute approximate surface area is 197 Å². The van der Waals surface area contributed by atoms with Gasteiger partial charge in [0.25, 0.3) is 0 Å². The van der Waals surface area contributed by atoms with Crippen LogP contribution in [0.25, 0.3) is 0 Å². The summed E-state index contributed by atoms with van der Waals surface area (Å²) >= 11 is 0. The van der Waals surface area contributed by atoms with Gasteiger partial charge in [0.2, 0.25) is 6.29 Å². The highest BCUT2D eigenvalue weighted by Crippen LogP contribution is 2.44. The minimum absolute atomic E-state index is 0.250. The van der Waals surface area contributed by atoms with Crippen molar-refractivity contribution < 1.29 is 48.8 Å². The molecule has 2 aliphatic rings. The van der Waals surface area contributed by atoms with Gasteiger partial charge in [-0.3, -0.25) is 0 Å². The molecular weight excluding hydrogens is 448 g/mol.